The summed E-state index contributed by atoms with van der Waals surface area (Å²) in [5.74, 6) is 2.67. The molecule has 4 unspecified atom stereocenters. The van der Waals surface area contributed by atoms with Gasteiger partial charge >= 0.3 is 0 Å². The molecule has 3 aromatic rings. The van der Waals surface area contributed by atoms with Crippen molar-refractivity contribution in [3.8, 4) is 17.0 Å². The van der Waals surface area contributed by atoms with Gasteiger partial charge < -0.3 is 10.1 Å². The van der Waals surface area contributed by atoms with E-state index in [1.165, 1.54) is 37.6 Å². The predicted molar refractivity (Wildman–Crippen MR) is 120 cm³/mol. The summed E-state index contributed by atoms with van der Waals surface area (Å²) in [5, 5.41) is 6.12. The molecule has 5 nitrogen and oxygen atoms in total. The van der Waals surface area contributed by atoms with Crippen LogP contribution in [0.5, 0.6) is 5.88 Å². The van der Waals surface area contributed by atoms with Crippen LogP contribution in [0.1, 0.15) is 38.2 Å². The highest BCUT2D eigenvalue weighted by Crippen LogP contribution is 2.49. The second-order valence-electron chi connectivity index (χ2n) is 8.86. The van der Waals surface area contributed by atoms with Gasteiger partial charge in [0.05, 0.1) is 5.39 Å². The fraction of sp³-hybridized carbons (Fsp3) is 0.458. The number of nitrogens with one attached hydrogen (secondary N) is 1. The summed E-state index contributed by atoms with van der Waals surface area (Å²) in [4.78, 5) is 22.2. The summed E-state index contributed by atoms with van der Waals surface area (Å²) in [5.41, 5.74) is 3.36. The summed E-state index contributed by atoms with van der Waals surface area (Å²) in [6.45, 7) is 4.18. The molecule has 2 aliphatic rings. The minimum Gasteiger partial charge on any atom is -0.467 e. The molecule has 2 fully saturated rings. The molecule has 30 heavy (non-hydrogen) atoms. The van der Waals surface area contributed by atoms with E-state index < -0.39 is 0 Å². The van der Waals surface area contributed by atoms with Crippen molar-refractivity contribution in [1.29, 1.82) is 0 Å². The number of rotatable bonds is 6. The highest BCUT2D eigenvalue weighted by Gasteiger charge is 2.42. The number of carbonyl (C=O) groups is 1. The highest BCUT2D eigenvalue weighted by atomic mass is 32.1. The maximum atomic E-state index is 12.6. The van der Waals surface area contributed by atoms with Crippen molar-refractivity contribution < 1.29 is 9.53 Å². The van der Waals surface area contributed by atoms with E-state index in [1.807, 2.05) is 0 Å². The molecule has 0 radical (unpaired) electrons. The standard InChI is InChI=1S/C24H27N3O2S/c1-14-3-6-17(7-4-14)20-12-30-24-22(20)23(25-13-26-24)29-11-21(28)27-15(2)19-10-16-5-8-18(19)9-16/h3-4,6-7,12-13,15-16,18-19H,5,8-11H2,1-2H3,(H,27,28). The monoisotopic (exact) mass is 421 g/mol. The Morgan fingerprint density at radius 2 is 2.07 bits per heavy atom. The van der Waals surface area contributed by atoms with Crippen molar-refractivity contribution in [3.63, 3.8) is 0 Å². The molecule has 5 rings (SSSR count). The number of thiophene rings is 1. The quantitative estimate of drug-likeness (QED) is 0.609. The van der Waals surface area contributed by atoms with E-state index in [9.17, 15) is 4.79 Å². The van der Waals surface area contributed by atoms with Crippen molar-refractivity contribution in [1.82, 2.24) is 15.3 Å². The second kappa shape index (κ2) is 7.99. The van der Waals surface area contributed by atoms with Crippen LogP contribution in [-0.2, 0) is 4.79 Å². The van der Waals surface area contributed by atoms with E-state index in [1.54, 1.807) is 11.3 Å². The van der Waals surface area contributed by atoms with Crippen molar-refractivity contribution in [2.75, 3.05) is 6.61 Å². The van der Waals surface area contributed by atoms with Crippen LogP contribution in [-0.4, -0.2) is 28.5 Å². The lowest BCUT2D eigenvalue weighted by Crippen LogP contribution is -2.42. The molecule has 0 aliphatic heterocycles. The van der Waals surface area contributed by atoms with E-state index >= 15 is 0 Å². The third-order valence-electron chi connectivity index (χ3n) is 6.86. The fourth-order valence-corrected chi connectivity index (χ4v) is 6.25. The summed E-state index contributed by atoms with van der Waals surface area (Å²) in [6, 6.07) is 8.57. The Labute approximate surface area is 180 Å². The Morgan fingerprint density at radius 1 is 1.23 bits per heavy atom. The lowest BCUT2D eigenvalue weighted by molar-refractivity contribution is -0.124. The molecule has 1 N–H and O–H groups in total. The number of nitrogens with zero attached hydrogens (tertiary/aromatic N) is 2. The minimum absolute atomic E-state index is 0.0273. The number of ether oxygens (including phenoxy) is 1. The molecule has 156 valence electrons. The van der Waals surface area contributed by atoms with E-state index in [0.717, 1.165) is 33.2 Å². The Bertz CT molecular complexity index is 1060. The number of fused-ring (bicyclic) bond motifs is 3. The van der Waals surface area contributed by atoms with Crippen molar-refractivity contribution in [2.45, 2.75) is 45.6 Å². The number of aromatic nitrogens is 2. The van der Waals surface area contributed by atoms with Gasteiger partial charge in [-0.3, -0.25) is 4.79 Å². The zero-order valence-corrected chi connectivity index (χ0v) is 18.2. The van der Waals surface area contributed by atoms with Gasteiger partial charge in [0.2, 0.25) is 5.88 Å². The summed E-state index contributed by atoms with van der Waals surface area (Å²) >= 11 is 1.56. The molecule has 6 heteroatoms. The van der Waals surface area contributed by atoms with Crippen molar-refractivity contribution in [3.05, 3.63) is 41.5 Å². The van der Waals surface area contributed by atoms with E-state index in [4.69, 9.17) is 4.74 Å². The Kier molecular flexibility index (Phi) is 5.19. The van der Waals surface area contributed by atoms with Gasteiger partial charge in [0, 0.05) is 17.0 Å². The summed E-state index contributed by atoms with van der Waals surface area (Å²) in [7, 11) is 0. The van der Waals surface area contributed by atoms with Crippen LogP contribution in [0.15, 0.2) is 36.0 Å². The lowest BCUT2D eigenvalue weighted by atomic mass is 9.84. The van der Waals surface area contributed by atoms with Gasteiger partial charge in [0.1, 0.15) is 11.2 Å². The molecule has 1 amide bonds. The molecule has 1 aromatic carbocycles. The number of aryl methyl sites for hydroxylation is 1. The second-order valence-corrected chi connectivity index (χ2v) is 9.72. The zero-order valence-electron chi connectivity index (χ0n) is 17.4. The van der Waals surface area contributed by atoms with Crippen LogP contribution >= 0.6 is 11.3 Å². The lowest BCUT2D eigenvalue weighted by Gasteiger charge is -2.28. The molecule has 4 atom stereocenters. The smallest absolute Gasteiger partial charge is 0.258 e. The van der Waals surface area contributed by atoms with Crippen LogP contribution in [0.25, 0.3) is 21.3 Å². The van der Waals surface area contributed by atoms with Gasteiger partial charge in [-0.25, -0.2) is 9.97 Å². The van der Waals surface area contributed by atoms with E-state index in [2.05, 4.69) is 58.8 Å². The largest absolute Gasteiger partial charge is 0.467 e. The average Bonchev–Trinajstić information content (AvgIpc) is 3.48. The van der Waals surface area contributed by atoms with Crippen LogP contribution < -0.4 is 10.1 Å². The van der Waals surface area contributed by atoms with Gasteiger partial charge in [-0.15, -0.1) is 11.3 Å². The maximum absolute atomic E-state index is 12.6. The Balaban J connectivity index is 1.29. The predicted octanol–water partition coefficient (Wildman–Crippen LogP) is 4.99. The number of benzene rings is 1. The zero-order chi connectivity index (χ0) is 20.7. The number of hydrogen-bond acceptors (Lipinski definition) is 5. The maximum Gasteiger partial charge on any atom is 0.258 e. The van der Waals surface area contributed by atoms with E-state index in [-0.39, 0.29) is 18.6 Å². The van der Waals surface area contributed by atoms with Crippen LogP contribution in [0.4, 0.5) is 0 Å². The summed E-state index contributed by atoms with van der Waals surface area (Å²) in [6.07, 6.45) is 6.81. The van der Waals surface area contributed by atoms with Crippen molar-refractivity contribution >= 4 is 27.5 Å². The van der Waals surface area contributed by atoms with Gasteiger partial charge in [-0.1, -0.05) is 36.2 Å². The number of carbonyl (C=O) groups excluding carboxylic acids is 1. The average molecular weight is 422 g/mol. The third kappa shape index (κ3) is 3.69. The van der Waals surface area contributed by atoms with Gasteiger partial charge in [-0.2, -0.15) is 0 Å². The molecule has 2 aliphatic carbocycles. The molecule has 2 heterocycles. The Morgan fingerprint density at radius 3 is 2.80 bits per heavy atom. The van der Waals surface area contributed by atoms with Crippen LogP contribution in [0.2, 0.25) is 0 Å². The first-order valence-corrected chi connectivity index (χ1v) is 11.7. The van der Waals surface area contributed by atoms with Crippen LogP contribution in [0, 0.1) is 24.7 Å². The van der Waals surface area contributed by atoms with Crippen molar-refractivity contribution in [2.24, 2.45) is 17.8 Å². The SMILES string of the molecule is Cc1ccc(-c2csc3ncnc(OCC(=O)NC(C)C4CC5CCC4C5)c23)cc1. The number of hydrogen-bond donors (Lipinski definition) is 1. The normalized spacial score (nSPS) is 23.6. The fourth-order valence-electron chi connectivity index (χ4n) is 5.35. The van der Waals surface area contributed by atoms with E-state index in [0.29, 0.717) is 11.8 Å². The topological polar surface area (TPSA) is 64.1 Å². The molecular formula is C24H27N3O2S. The first-order chi connectivity index (χ1) is 14.6. The van der Waals surface area contributed by atoms with Crippen LogP contribution in [0.3, 0.4) is 0 Å². The van der Waals surface area contributed by atoms with Gasteiger partial charge in [-0.05, 0) is 56.4 Å². The first-order valence-electron chi connectivity index (χ1n) is 10.8. The number of amides is 1. The first kappa shape index (κ1) is 19.5. The Hall–Kier alpha value is -2.47. The highest BCUT2D eigenvalue weighted by molar-refractivity contribution is 7.17. The minimum atomic E-state index is -0.0795. The molecule has 0 saturated heterocycles. The molecule has 2 bridgehead atoms. The van der Waals surface area contributed by atoms with Gasteiger partial charge in [0.25, 0.3) is 5.91 Å². The van der Waals surface area contributed by atoms with Gasteiger partial charge in [0.15, 0.2) is 6.61 Å². The summed E-state index contributed by atoms with van der Waals surface area (Å²) < 4.78 is 5.89. The molecule has 2 saturated carbocycles. The molecular weight excluding hydrogens is 394 g/mol. The molecule has 0 spiro atoms. The third-order valence-corrected chi connectivity index (χ3v) is 7.75. The molecule has 2 aromatic heterocycles.